The summed E-state index contributed by atoms with van der Waals surface area (Å²) in [4.78, 5) is 24.8. The molecule has 3 rings (SSSR count). The first-order chi connectivity index (χ1) is 11.1. The van der Waals surface area contributed by atoms with Crippen molar-refractivity contribution < 1.29 is 9.59 Å². The highest BCUT2D eigenvalue weighted by atomic mass is 35.5. The van der Waals surface area contributed by atoms with Crippen LogP contribution < -0.4 is 10.4 Å². The van der Waals surface area contributed by atoms with Gasteiger partial charge >= 0.3 is 0 Å². The van der Waals surface area contributed by atoms with Gasteiger partial charge in [0.05, 0.1) is 10.7 Å². The summed E-state index contributed by atoms with van der Waals surface area (Å²) in [6.07, 6.45) is 0. The van der Waals surface area contributed by atoms with E-state index < -0.39 is 0 Å². The second kappa shape index (κ2) is 6.40. The number of nitrogens with zero attached hydrogens (tertiary/aromatic N) is 1. The van der Waals surface area contributed by atoms with Crippen molar-refractivity contribution in [3.8, 4) is 0 Å². The van der Waals surface area contributed by atoms with E-state index >= 15 is 0 Å². The Balaban J connectivity index is 2.06. The standard InChI is InChI=1S/C17H13ClN2O2S/c1-11(21)19-20(12-7-3-2-4-8-12)17(22)16-15(18)13-9-5-6-10-14(13)23-16/h2-10H,1H3,(H,19,21). The third kappa shape index (κ3) is 3.06. The van der Waals surface area contributed by atoms with Gasteiger partial charge < -0.3 is 0 Å². The van der Waals surface area contributed by atoms with E-state index in [0.717, 1.165) is 10.1 Å². The number of para-hydroxylation sites is 1. The first-order valence-electron chi connectivity index (χ1n) is 6.91. The van der Waals surface area contributed by atoms with Crippen molar-refractivity contribution in [3.05, 3.63) is 64.5 Å². The number of amides is 2. The van der Waals surface area contributed by atoms with Gasteiger partial charge in [-0.2, -0.15) is 0 Å². The van der Waals surface area contributed by atoms with Crippen molar-refractivity contribution in [2.45, 2.75) is 6.92 Å². The Kier molecular flexibility index (Phi) is 4.32. The molecule has 0 spiro atoms. The molecule has 0 saturated carbocycles. The summed E-state index contributed by atoms with van der Waals surface area (Å²) in [7, 11) is 0. The van der Waals surface area contributed by atoms with Crippen LogP contribution in [0.25, 0.3) is 10.1 Å². The molecule has 116 valence electrons. The van der Waals surface area contributed by atoms with Gasteiger partial charge in [0.25, 0.3) is 5.91 Å². The van der Waals surface area contributed by atoms with Crippen LogP contribution in [0.15, 0.2) is 54.6 Å². The number of nitrogens with one attached hydrogen (secondary N) is 1. The molecule has 0 unspecified atom stereocenters. The summed E-state index contributed by atoms with van der Waals surface area (Å²) in [5, 5.41) is 2.46. The Labute approximate surface area is 142 Å². The first kappa shape index (κ1) is 15.5. The number of benzene rings is 2. The second-order valence-electron chi connectivity index (χ2n) is 4.89. The van der Waals surface area contributed by atoms with Gasteiger partial charge in [-0.1, -0.05) is 48.0 Å². The number of rotatable bonds is 2. The molecule has 0 radical (unpaired) electrons. The number of thiophene rings is 1. The van der Waals surface area contributed by atoms with Crippen molar-refractivity contribution in [1.29, 1.82) is 0 Å². The van der Waals surface area contributed by atoms with Crippen molar-refractivity contribution in [2.24, 2.45) is 0 Å². The minimum atomic E-state index is -0.363. The molecule has 2 amide bonds. The fourth-order valence-electron chi connectivity index (χ4n) is 2.22. The van der Waals surface area contributed by atoms with Gasteiger partial charge in [-0.3, -0.25) is 15.0 Å². The summed E-state index contributed by atoms with van der Waals surface area (Å²) in [5.74, 6) is -0.697. The lowest BCUT2D eigenvalue weighted by Gasteiger charge is -2.22. The Morgan fingerprint density at radius 1 is 1.04 bits per heavy atom. The molecular formula is C17H13ClN2O2S. The maximum absolute atomic E-state index is 12.9. The molecule has 1 aromatic heterocycles. The van der Waals surface area contributed by atoms with Crippen LogP contribution in [0.3, 0.4) is 0 Å². The molecule has 0 atom stereocenters. The number of hydrogen-bond donors (Lipinski definition) is 1. The fourth-order valence-corrected chi connectivity index (χ4v) is 3.66. The minimum Gasteiger partial charge on any atom is -0.274 e. The molecule has 3 aromatic rings. The largest absolute Gasteiger partial charge is 0.288 e. The average molecular weight is 345 g/mol. The van der Waals surface area contributed by atoms with Crippen molar-refractivity contribution in [1.82, 2.24) is 5.43 Å². The third-order valence-corrected chi connectivity index (χ3v) is 4.88. The molecule has 6 heteroatoms. The highest BCUT2D eigenvalue weighted by molar-refractivity contribution is 7.21. The van der Waals surface area contributed by atoms with Crippen LogP contribution in [-0.2, 0) is 4.79 Å². The van der Waals surface area contributed by atoms with Gasteiger partial charge in [-0.25, -0.2) is 5.01 Å². The molecule has 1 N–H and O–H groups in total. The summed E-state index contributed by atoms with van der Waals surface area (Å²) >= 11 is 7.68. The van der Waals surface area contributed by atoms with Crippen molar-refractivity contribution in [3.63, 3.8) is 0 Å². The summed E-state index contributed by atoms with van der Waals surface area (Å²) in [5.41, 5.74) is 3.13. The fraction of sp³-hybridized carbons (Fsp3) is 0.0588. The van der Waals surface area contributed by atoms with E-state index in [4.69, 9.17) is 11.6 Å². The SMILES string of the molecule is CC(=O)NN(C(=O)c1sc2ccccc2c1Cl)c1ccccc1. The number of carbonyl (C=O) groups excluding carboxylic acids is 2. The molecule has 1 heterocycles. The Hall–Kier alpha value is -2.37. The Morgan fingerprint density at radius 3 is 2.35 bits per heavy atom. The molecule has 0 aliphatic heterocycles. The van der Waals surface area contributed by atoms with Gasteiger partial charge in [-0.15, -0.1) is 11.3 Å². The van der Waals surface area contributed by atoms with Crippen LogP contribution in [0.4, 0.5) is 5.69 Å². The van der Waals surface area contributed by atoms with Crippen molar-refractivity contribution in [2.75, 3.05) is 5.01 Å². The lowest BCUT2D eigenvalue weighted by atomic mass is 10.2. The first-order valence-corrected chi connectivity index (χ1v) is 8.11. The number of carbonyl (C=O) groups is 2. The van der Waals surface area contributed by atoms with E-state index in [1.165, 1.54) is 23.3 Å². The summed E-state index contributed by atoms with van der Waals surface area (Å²) < 4.78 is 0.927. The van der Waals surface area contributed by atoms with E-state index in [9.17, 15) is 9.59 Å². The predicted molar refractivity (Wildman–Crippen MR) is 93.9 cm³/mol. The van der Waals surface area contributed by atoms with Gasteiger partial charge in [0.15, 0.2) is 0 Å². The smallest absolute Gasteiger partial charge is 0.274 e. The maximum Gasteiger partial charge on any atom is 0.288 e. The van der Waals surface area contributed by atoms with Crippen LogP contribution in [-0.4, -0.2) is 11.8 Å². The van der Waals surface area contributed by atoms with Gasteiger partial charge in [0, 0.05) is 17.0 Å². The zero-order valence-electron chi connectivity index (χ0n) is 12.2. The topological polar surface area (TPSA) is 49.4 Å². The molecule has 0 aliphatic carbocycles. The van der Waals surface area contributed by atoms with Crippen LogP contribution in [0.2, 0.25) is 5.02 Å². The average Bonchev–Trinajstić information content (AvgIpc) is 2.90. The van der Waals surface area contributed by atoms with Crippen LogP contribution in [0, 0.1) is 0 Å². The van der Waals surface area contributed by atoms with Gasteiger partial charge in [0.2, 0.25) is 5.91 Å². The molecule has 23 heavy (non-hydrogen) atoms. The normalized spacial score (nSPS) is 10.5. The minimum absolute atomic E-state index is 0.334. The lowest BCUT2D eigenvalue weighted by Crippen LogP contribution is -2.45. The van der Waals surface area contributed by atoms with Crippen LogP contribution in [0.5, 0.6) is 0 Å². The zero-order chi connectivity index (χ0) is 16.4. The lowest BCUT2D eigenvalue weighted by molar-refractivity contribution is -0.119. The number of hydrogen-bond acceptors (Lipinski definition) is 3. The number of halogens is 1. The number of anilines is 1. The molecule has 4 nitrogen and oxygen atoms in total. The highest BCUT2D eigenvalue weighted by Crippen LogP contribution is 2.36. The van der Waals surface area contributed by atoms with E-state index in [-0.39, 0.29) is 11.8 Å². The zero-order valence-corrected chi connectivity index (χ0v) is 13.8. The van der Waals surface area contributed by atoms with Gasteiger partial charge in [-0.05, 0) is 18.2 Å². The monoisotopic (exact) mass is 344 g/mol. The Morgan fingerprint density at radius 2 is 1.70 bits per heavy atom. The van der Waals surface area contributed by atoms with E-state index in [0.29, 0.717) is 15.6 Å². The number of hydrazine groups is 1. The molecule has 0 aliphatic rings. The number of fused-ring (bicyclic) bond motifs is 1. The summed E-state index contributed by atoms with van der Waals surface area (Å²) in [6, 6.07) is 16.5. The Bertz CT molecular complexity index is 877. The second-order valence-corrected chi connectivity index (χ2v) is 6.32. The van der Waals surface area contributed by atoms with E-state index in [2.05, 4.69) is 5.43 Å². The molecule has 0 fully saturated rings. The summed E-state index contributed by atoms with van der Waals surface area (Å²) in [6.45, 7) is 1.36. The quantitative estimate of drug-likeness (QED) is 0.706. The molecule has 0 saturated heterocycles. The molecule has 2 aromatic carbocycles. The highest BCUT2D eigenvalue weighted by Gasteiger charge is 2.24. The van der Waals surface area contributed by atoms with Crippen LogP contribution in [0.1, 0.15) is 16.6 Å². The predicted octanol–water partition coefficient (Wildman–Crippen LogP) is 4.25. The van der Waals surface area contributed by atoms with Crippen LogP contribution >= 0.6 is 22.9 Å². The van der Waals surface area contributed by atoms with E-state index in [1.54, 1.807) is 24.3 Å². The third-order valence-electron chi connectivity index (χ3n) is 3.22. The molecular weight excluding hydrogens is 332 g/mol. The molecule has 0 bridgehead atoms. The van der Waals surface area contributed by atoms with Gasteiger partial charge in [0.1, 0.15) is 4.88 Å². The van der Waals surface area contributed by atoms with Crippen molar-refractivity contribution >= 4 is 50.5 Å². The maximum atomic E-state index is 12.9. The van der Waals surface area contributed by atoms with E-state index in [1.807, 2.05) is 30.3 Å².